The maximum Gasteiger partial charge on any atom is 0.224 e. The number of nitrogens with one attached hydrogen (secondary N) is 1. The van der Waals surface area contributed by atoms with E-state index in [9.17, 15) is 0 Å². The Hall–Kier alpha value is -1.62. The van der Waals surface area contributed by atoms with Gasteiger partial charge >= 0.3 is 0 Å². The molecule has 0 atom stereocenters. The first-order chi connectivity index (χ1) is 8.79. The molecule has 2 aromatic heterocycles. The number of rotatable bonds is 6. The molecular formula is C13H18N4S. The van der Waals surface area contributed by atoms with Crippen LogP contribution in [0, 0.1) is 0 Å². The molecule has 0 saturated heterocycles. The van der Waals surface area contributed by atoms with Gasteiger partial charge in [0.15, 0.2) is 0 Å². The summed E-state index contributed by atoms with van der Waals surface area (Å²) in [5, 5.41) is 7.46. The average Bonchev–Trinajstić information content (AvgIpc) is 2.89. The number of aromatic nitrogens is 2. The second-order valence-corrected chi connectivity index (χ2v) is 4.93. The topological polar surface area (TPSA) is 41.1 Å². The minimum atomic E-state index is 0.700. The van der Waals surface area contributed by atoms with Crippen LogP contribution in [0.1, 0.15) is 18.9 Å². The number of thiophene rings is 1. The molecule has 0 bridgehead atoms. The molecule has 0 aliphatic rings. The summed E-state index contributed by atoms with van der Waals surface area (Å²) in [5.74, 6) is 1.64. The molecule has 2 aromatic rings. The highest BCUT2D eigenvalue weighted by Gasteiger charge is 2.05. The molecule has 0 aliphatic carbocycles. The number of hydrogen-bond donors (Lipinski definition) is 1. The van der Waals surface area contributed by atoms with E-state index in [-0.39, 0.29) is 0 Å². The van der Waals surface area contributed by atoms with Gasteiger partial charge in [0, 0.05) is 26.3 Å². The van der Waals surface area contributed by atoms with Crippen LogP contribution in [0.4, 0.5) is 11.8 Å². The minimum Gasteiger partial charge on any atom is -0.355 e. The number of hydrogen-bond acceptors (Lipinski definition) is 5. The highest BCUT2D eigenvalue weighted by molar-refractivity contribution is 7.07. The van der Waals surface area contributed by atoms with E-state index in [2.05, 4.69) is 43.9 Å². The van der Waals surface area contributed by atoms with Crippen molar-refractivity contribution in [3.05, 3.63) is 34.7 Å². The van der Waals surface area contributed by atoms with Gasteiger partial charge in [-0.1, -0.05) is 6.92 Å². The second-order valence-electron chi connectivity index (χ2n) is 4.15. The van der Waals surface area contributed by atoms with Crippen LogP contribution in [0.3, 0.4) is 0 Å². The van der Waals surface area contributed by atoms with Crippen molar-refractivity contribution in [1.82, 2.24) is 9.97 Å². The van der Waals surface area contributed by atoms with Crippen LogP contribution in [0.5, 0.6) is 0 Å². The fourth-order valence-corrected chi connectivity index (χ4v) is 2.28. The zero-order valence-corrected chi connectivity index (χ0v) is 11.6. The lowest BCUT2D eigenvalue weighted by molar-refractivity contribution is 0.887. The van der Waals surface area contributed by atoms with Crippen LogP contribution >= 0.6 is 11.3 Å². The van der Waals surface area contributed by atoms with Gasteiger partial charge in [0.05, 0.1) is 0 Å². The Bertz CT molecular complexity index is 470. The van der Waals surface area contributed by atoms with E-state index in [1.165, 1.54) is 5.56 Å². The van der Waals surface area contributed by atoms with Crippen LogP contribution in [-0.2, 0) is 6.54 Å². The smallest absolute Gasteiger partial charge is 0.224 e. The van der Waals surface area contributed by atoms with E-state index in [1.54, 1.807) is 17.5 Å². The molecule has 4 nitrogen and oxygen atoms in total. The van der Waals surface area contributed by atoms with Gasteiger partial charge < -0.3 is 10.2 Å². The monoisotopic (exact) mass is 262 g/mol. The predicted octanol–water partition coefficient (Wildman–Crippen LogP) is 3.00. The Labute approximate surface area is 112 Å². The largest absolute Gasteiger partial charge is 0.355 e. The SMILES string of the molecule is CCCNc1nccc(N(C)Cc2ccsc2)n1. The minimum absolute atomic E-state index is 0.700. The van der Waals surface area contributed by atoms with Crippen LogP contribution < -0.4 is 10.2 Å². The fourth-order valence-electron chi connectivity index (χ4n) is 1.62. The first-order valence-corrected chi connectivity index (χ1v) is 7.03. The molecule has 0 radical (unpaired) electrons. The third kappa shape index (κ3) is 3.43. The first kappa shape index (κ1) is 12.8. The summed E-state index contributed by atoms with van der Waals surface area (Å²) in [7, 11) is 2.05. The van der Waals surface area contributed by atoms with Crippen molar-refractivity contribution in [2.24, 2.45) is 0 Å². The normalized spacial score (nSPS) is 10.3. The van der Waals surface area contributed by atoms with E-state index < -0.39 is 0 Å². The molecule has 0 amide bonds. The van der Waals surface area contributed by atoms with Gasteiger partial charge in [-0.2, -0.15) is 16.3 Å². The zero-order valence-electron chi connectivity index (χ0n) is 10.8. The zero-order chi connectivity index (χ0) is 12.8. The lowest BCUT2D eigenvalue weighted by Crippen LogP contribution is -2.18. The van der Waals surface area contributed by atoms with E-state index >= 15 is 0 Å². The van der Waals surface area contributed by atoms with Crippen molar-refractivity contribution >= 4 is 23.1 Å². The molecule has 0 fully saturated rings. The van der Waals surface area contributed by atoms with E-state index in [4.69, 9.17) is 0 Å². The standard InChI is InChI=1S/C13H18N4S/c1-3-6-14-13-15-7-4-12(16-13)17(2)9-11-5-8-18-10-11/h4-5,7-8,10H,3,6,9H2,1-2H3,(H,14,15,16). The number of nitrogens with zero attached hydrogens (tertiary/aromatic N) is 3. The molecule has 0 saturated carbocycles. The van der Waals surface area contributed by atoms with Crippen molar-refractivity contribution in [1.29, 1.82) is 0 Å². The molecule has 2 rings (SSSR count). The Kier molecular flexibility index (Phi) is 4.52. The average molecular weight is 262 g/mol. The lowest BCUT2D eigenvalue weighted by atomic mass is 10.3. The Morgan fingerprint density at radius 2 is 2.28 bits per heavy atom. The molecule has 18 heavy (non-hydrogen) atoms. The first-order valence-electron chi connectivity index (χ1n) is 6.08. The van der Waals surface area contributed by atoms with Crippen LogP contribution in [-0.4, -0.2) is 23.6 Å². The molecule has 1 N–H and O–H groups in total. The second kappa shape index (κ2) is 6.35. The summed E-state index contributed by atoms with van der Waals surface area (Å²) in [6.45, 7) is 3.89. The van der Waals surface area contributed by atoms with Crippen molar-refractivity contribution in [3.8, 4) is 0 Å². The summed E-state index contributed by atoms with van der Waals surface area (Å²) < 4.78 is 0. The molecule has 0 aliphatic heterocycles. The van der Waals surface area contributed by atoms with Gasteiger partial charge in [-0.25, -0.2) is 4.98 Å². The highest BCUT2D eigenvalue weighted by Crippen LogP contribution is 2.15. The third-order valence-electron chi connectivity index (χ3n) is 2.56. The Morgan fingerprint density at radius 1 is 1.39 bits per heavy atom. The maximum atomic E-state index is 4.50. The summed E-state index contributed by atoms with van der Waals surface area (Å²) in [4.78, 5) is 10.8. The van der Waals surface area contributed by atoms with Crippen LogP contribution in [0.25, 0.3) is 0 Å². The molecule has 2 heterocycles. The third-order valence-corrected chi connectivity index (χ3v) is 3.30. The molecule has 96 valence electrons. The van der Waals surface area contributed by atoms with Crippen molar-refractivity contribution in [2.45, 2.75) is 19.9 Å². The van der Waals surface area contributed by atoms with Crippen molar-refractivity contribution in [3.63, 3.8) is 0 Å². The van der Waals surface area contributed by atoms with Gasteiger partial charge in [0.2, 0.25) is 5.95 Å². The Morgan fingerprint density at radius 3 is 3.00 bits per heavy atom. The van der Waals surface area contributed by atoms with Crippen LogP contribution in [0.2, 0.25) is 0 Å². The lowest BCUT2D eigenvalue weighted by Gasteiger charge is -2.17. The Balaban J connectivity index is 2.03. The van der Waals surface area contributed by atoms with Crippen molar-refractivity contribution in [2.75, 3.05) is 23.8 Å². The quantitative estimate of drug-likeness (QED) is 0.869. The van der Waals surface area contributed by atoms with Gasteiger partial charge in [0.1, 0.15) is 5.82 Å². The molecule has 0 spiro atoms. The van der Waals surface area contributed by atoms with E-state index in [1.807, 2.05) is 13.1 Å². The van der Waals surface area contributed by atoms with Crippen LogP contribution in [0.15, 0.2) is 29.1 Å². The van der Waals surface area contributed by atoms with Gasteiger partial charge in [-0.15, -0.1) is 0 Å². The van der Waals surface area contributed by atoms with E-state index in [0.29, 0.717) is 5.95 Å². The number of anilines is 2. The fraction of sp³-hybridized carbons (Fsp3) is 0.385. The molecule has 0 aromatic carbocycles. The van der Waals surface area contributed by atoms with Gasteiger partial charge in [-0.3, -0.25) is 0 Å². The summed E-state index contributed by atoms with van der Waals surface area (Å²) in [5.41, 5.74) is 1.31. The van der Waals surface area contributed by atoms with Crippen molar-refractivity contribution < 1.29 is 0 Å². The molecular weight excluding hydrogens is 244 g/mol. The maximum absolute atomic E-state index is 4.50. The highest BCUT2D eigenvalue weighted by atomic mass is 32.1. The summed E-state index contributed by atoms with van der Waals surface area (Å²) in [6, 6.07) is 4.07. The molecule has 0 unspecified atom stereocenters. The van der Waals surface area contributed by atoms with Gasteiger partial charge in [0.25, 0.3) is 0 Å². The molecule has 5 heteroatoms. The van der Waals surface area contributed by atoms with Gasteiger partial charge in [-0.05, 0) is 34.9 Å². The predicted molar refractivity (Wildman–Crippen MR) is 77.2 cm³/mol. The summed E-state index contributed by atoms with van der Waals surface area (Å²) >= 11 is 1.72. The van der Waals surface area contributed by atoms with E-state index in [0.717, 1.165) is 25.3 Å². The summed E-state index contributed by atoms with van der Waals surface area (Å²) in [6.07, 6.45) is 2.86.